The van der Waals surface area contributed by atoms with Crippen molar-refractivity contribution in [2.45, 2.75) is 79.3 Å². The molecule has 1 saturated carbocycles. The quantitative estimate of drug-likeness (QED) is 0.754. The van der Waals surface area contributed by atoms with E-state index in [0.29, 0.717) is 6.04 Å². The molecular formula is C18H38N2. The third kappa shape index (κ3) is 4.21. The van der Waals surface area contributed by atoms with Gasteiger partial charge in [-0.1, -0.05) is 34.6 Å². The van der Waals surface area contributed by atoms with Crippen molar-refractivity contribution >= 4 is 0 Å². The Bertz CT molecular complexity index is 261. The van der Waals surface area contributed by atoms with Crippen LogP contribution in [0, 0.1) is 17.8 Å². The maximum absolute atomic E-state index is 3.84. The Labute approximate surface area is 127 Å². The van der Waals surface area contributed by atoms with Crippen LogP contribution in [0.1, 0.15) is 67.7 Å². The molecule has 2 heteroatoms. The number of likely N-dealkylation sites (N-methyl/N-ethyl adjacent to an activating group) is 2. The van der Waals surface area contributed by atoms with Gasteiger partial charge in [0.1, 0.15) is 0 Å². The second-order valence-electron chi connectivity index (χ2n) is 7.54. The topological polar surface area (TPSA) is 15.3 Å². The smallest absolute Gasteiger partial charge is 0.0308 e. The normalized spacial score (nSPS) is 29.7. The average molecular weight is 283 g/mol. The van der Waals surface area contributed by atoms with Gasteiger partial charge in [-0.3, -0.25) is 4.90 Å². The lowest BCUT2D eigenvalue weighted by atomic mass is 9.69. The molecule has 0 heterocycles. The Morgan fingerprint density at radius 2 is 1.50 bits per heavy atom. The maximum atomic E-state index is 3.84. The second kappa shape index (κ2) is 7.79. The molecule has 3 unspecified atom stereocenters. The molecule has 0 aromatic carbocycles. The monoisotopic (exact) mass is 282 g/mol. The summed E-state index contributed by atoms with van der Waals surface area (Å²) in [4.78, 5) is 2.63. The van der Waals surface area contributed by atoms with Crippen LogP contribution >= 0.6 is 0 Å². The van der Waals surface area contributed by atoms with Gasteiger partial charge in [0.05, 0.1) is 0 Å². The van der Waals surface area contributed by atoms with Gasteiger partial charge in [0.25, 0.3) is 0 Å². The van der Waals surface area contributed by atoms with E-state index in [-0.39, 0.29) is 5.54 Å². The summed E-state index contributed by atoms with van der Waals surface area (Å²) in [5.74, 6) is 2.60. The fraction of sp³-hybridized carbons (Fsp3) is 1.00. The van der Waals surface area contributed by atoms with Crippen molar-refractivity contribution in [3.8, 4) is 0 Å². The van der Waals surface area contributed by atoms with Crippen LogP contribution in [0.5, 0.6) is 0 Å². The van der Waals surface area contributed by atoms with Crippen LogP contribution in [-0.4, -0.2) is 36.1 Å². The fourth-order valence-electron chi connectivity index (χ4n) is 4.73. The molecule has 0 spiro atoms. The third-order valence-electron chi connectivity index (χ3n) is 5.45. The van der Waals surface area contributed by atoms with Crippen LogP contribution in [0.15, 0.2) is 0 Å². The molecule has 3 atom stereocenters. The molecule has 1 aliphatic carbocycles. The summed E-state index contributed by atoms with van der Waals surface area (Å²) in [5, 5.41) is 3.84. The average Bonchev–Trinajstić information content (AvgIpc) is 2.35. The molecule has 0 radical (unpaired) electrons. The lowest BCUT2D eigenvalue weighted by Gasteiger charge is -2.49. The van der Waals surface area contributed by atoms with E-state index in [4.69, 9.17) is 0 Å². The summed E-state index contributed by atoms with van der Waals surface area (Å²) in [6, 6.07) is 0.609. The van der Waals surface area contributed by atoms with E-state index < -0.39 is 0 Å². The van der Waals surface area contributed by atoms with Crippen molar-refractivity contribution in [1.82, 2.24) is 10.2 Å². The van der Waals surface area contributed by atoms with E-state index in [1.807, 2.05) is 0 Å². The van der Waals surface area contributed by atoms with Crippen LogP contribution < -0.4 is 5.32 Å². The van der Waals surface area contributed by atoms with Gasteiger partial charge >= 0.3 is 0 Å². The highest BCUT2D eigenvalue weighted by molar-refractivity contribution is 4.98. The van der Waals surface area contributed by atoms with Gasteiger partial charge in [-0.25, -0.2) is 0 Å². The zero-order valence-corrected chi connectivity index (χ0v) is 15.0. The molecule has 0 aromatic rings. The first-order valence-electron chi connectivity index (χ1n) is 8.85. The van der Waals surface area contributed by atoms with Crippen molar-refractivity contribution in [3.63, 3.8) is 0 Å². The summed E-state index contributed by atoms with van der Waals surface area (Å²) in [6.45, 7) is 20.0. The first-order valence-corrected chi connectivity index (χ1v) is 8.85. The second-order valence-corrected chi connectivity index (χ2v) is 7.54. The van der Waals surface area contributed by atoms with Crippen LogP contribution in [0.2, 0.25) is 0 Å². The number of nitrogens with one attached hydrogen (secondary N) is 1. The molecule has 20 heavy (non-hydrogen) atoms. The van der Waals surface area contributed by atoms with E-state index in [2.05, 4.69) is 58.7 Å². The molecule has 0 saturated heterocycles. The first kappa shape index (κ1) is 18.0. The van der Waals surface area contributed by atoms with Crippen molar-refractivity contribution in [2.24, 2.45) is 17.8 Å². The van der Waals surface area contributed by atoms with Gasteiger partial charge in [0.2, 0.25) is 0 Å². The molecule has 0 aromatic heterocycles. The van der Waals surface area contributed by atoms with Gasteiger partial charge in [0, 0.05) is 11.6 Å². The van der Waals surface area contributed by atoms with Gasteiger partial charge in [0.15, 0.2) is 0 Å². The highest BCUT2D eigenvalue weighted by Crippen LogP contribution is 2.38. The molecule has 2 nitrogen and oxygen atoms in total. The molecule has 0 aliphatic heterocycles. The fourth-order valence-corrected chi connectivity index (χ4v) is 4.73. The van der Waals surface area contributed by atoms with Crippen LogP contribution in [0.3, 0.4) is 0 Å². The summed E-state index contributed by atoms with van der Waals surface area (Å²) in [7, 11) is 0. The van der Waals surface area contributed by atoms with Crippen molar-refractivity contribution in [3.05, 3.63) is 0 Å². The molecule has 0 bridgehead atoms. The van der Waals surface area contributed by atoms with Crippen molar-refractivity contribution in [2.75, 3.05) is 19.6 Å². The number of hydrogen-bond donors (Lipinski definition) is 1. The predicted molar refractivity (Wildman–Crippen MR) is 90.1 cm³/mol. The third-order valence-corrected chi connectivity index (χ3v) is 5.45. The van der Waals surface area contributed by atoms with E-state index >= 15 is 0 Å². The zero-order chi connectivity index (χ0) is 15.3. The summed E-state index contributed by atoms with van der Waals surface area (Å²) >= 11 is 0. The molecular weight excluding hydrogens is 244 g/mol. The largest absolute Gasteiger partial charge is 0.312 e. The minimum Gasteiger partial charge on any atom is -0.312 e. The van der Waals surface area contributed by atoms with Crippen LogP contribution in [-0.2, 0) is 0 Å². The molecule has 1 rings (SSSR count). The molecule has 120 valence electrons. The summed E-state index contributed by atoms with van der Waals surface area (Å²) < 4.78 is 0. The Kier molecular flexibility index (Phi) is 7.00. The maximum Gasteiger partial charge on any atom is 0.0308 e. The number of hydrogen-bond acceptors (Lipinski definition) is 2. The summed E-state index contributed by atoms with van der Waals surface area (Å²) in [5.41, 5.74) is 0.237. The Morgan fingerprint density at radius 3 is 1.90 bits per heavy atom. The highest BCUT2D eigenvalue weighted by atomic mass is 15.2. The van der Waals surface area contributed by atoms with Gasteiger partial charge in [-0.2, -0.15) is 0 Å². The van der Waals surface area contributed by atoms with E-state index in [0.717, 1.165) is 37.4 Å². The molecule has 1 aliphatic rings. The van der Waals surface area contributed by atoms with Gasteiger partial charge < -0.3 is 5.32 Å². The number of rotatable bonds is 7. The van der Waals surface area contributed by atoms with Gasteiger partial charge in [-0.15, -0.1) is 0 Å². The Morgan fingerprint density at radius 1 is 1.00 bits per heavy atom. The van der Waals surface area contributed by atoms with E-state index in [9.17, 15) is 0 Å². The lowest BCUT2D eigenvalue weighted by Crippen LogP contribution is -2.61. The predicted octanol–water partition coefficient (Wildman–Crippen LogP) is 4.16. The SMILES string of the molecule is CCNC(C1CC(C)CC(C)C1)C(C)(C)N(CC)CC. The van der Waals surface area contributed by atoms with Gasteiger partial charge in [-0.05, 0) is 70.5 Å². The van der Waals surface area contributed by atoms with Crippen molar-refractivity contribution < 1.29 is 0 Å². The van der Waals surface area contributed by atoms with E-state index in [1.54, 1.807) is 0 Å². The molecule has 1 N–H and O–H groups in total. The van der Waals surface area contributed by atoms with Crippen molar-refractivity contribution in [1.29, 1.82) is 0 Å². The standard InChI is InChI=1S/C18H38N2/c1-8-19-17(18(6,7)20(9-2)10-3)16-12-14(4)11-15(5)13-16/h14-17,19H,8-13H2,1-7H3. The van der Waals surface area contributed by atoms with Crippen LogP contribution in [0.25, 0.3) is 0 Å². The minimum atomic E-state index is 0.237. The zero-order valence-electron chi connectivity index (χ0n) is 15.0. The lowest BCUT2D eigenvalue weighted by molar-refractivity contribution is 0.0408. The first-order chi connectivity index (χ1) is 9.36. The highest BCUT2D eigenvalue weighted by Gasteiger charge is 2.40. The Balaban J connectivity index is 2.91. The number of nitrogens with zero attached hydrogens (tertiary/aromatic N) is 1. The minimum absolute atomic E-state index is 0.237. The summed E-state index contributed by atoms with van der Waals surface area (Å²) in [6.07, 6.45) is 4.21. The van der Waals surface area contributed by atoms with Crippen LogP contribution in [0.4, 0.5) is 0 Å². The molecule has 1 fully saturated rings. The Hall–Kier alpha value is -0.0800. The van der Waals surface area contributed by atoms with E-state index in [1.165, 1.54) is 19.3 Å². The molecule has 0 amide bonds.